The molecule has 0 aliphatic heterocycles. The first-order chi connectivity index (χ1) is 20.1. The van der Waals surface area contributed by atoms with Crippen LogP contribution in [0.1, 0.15) is 15.9 Å². The lowest BCUT2D eigenvalue weighted by molar-refractivity contribution is -0.113. The van der Waals surface area contributed by atoms with Gasteiger partial charge in [0.2, 0.25) is 5.88 Å². The molecule has 0 atom stereocenters. The van der Waals surface area contributed by atoms with Gasteiger partial charge in [0.1, 0.15) is 5.70 Å². The fourth-order valence-electron chi connectivity index (χ4n) is 3.48. The Morgan fingerprint density at radius 3 is 2.26 bits per heavy atom. The van der Waals surface area contributed by atoms with E-state index in [-0.39, 0.29) is 44.6 Å². The zero-order valence-corrected chi connectivity index (χ0v) is 25.2. The highest BCUT2D eigenvalue weighted by molar-refractivity contribution is 9.10. The average Bonchev–Trinajstić information content (AvgIpc) is 2.97. The van der Waals surface area contributed by atoms with Gasteiger partial charge in [-0.2, -0.15) is 9.97 Å². The van der Waals surface area contributed by atoms with Crippen molar-refractivity contribution >= 4 is 66.9 Å². The zero-order chi connectivity index (χ0) is 30.3. The fraction of sp³-hybridized carbons (Fsp3) is 0.0714. The topological polar surface area (TPSA) is 149 Å². The summed E-state index contributed by atoms with van der Waals surface area (Å²) in [5.41, 5.74) is 1.05. The Bertz CT molecular complexity index is 1730. The maximum Gasteiger partial charge on any atom is 0.321 e. The molecule has 0 unspecified atom stereocenters. The summed E-state index contributed by atoms with van der Waals surface area (Å²) in [7, 11) is -1.36. The Hall–Kier alpha value is -4.46. The Morgan fingerprint density at radius 2 is 1.62 bits per heavy atom. The summed E-state index contributed by atoms with van der Waals surface area (Å²) in [5.74, 6) is -1.18. The van der Waals surface area contributed by atoms with Crippen molar-refractivity contribution in [2.24, 2.45) is 0 Å². The summed E-state index contributed by atoms with van der Waals surface area (Å²) in [6.07, 6.45) is 1.50. The number of methoxy groups -OCH3 is 2. The van der Waals surface area contributed by atoms with E-state index in [4.69, 9.17) is 21.1 Å². The molecule has 3 N–H and O–H groups in total. The number of aromatic nitrogens is 2. The molecule has 3 aromatic carbocycles. The summed E-state index contributed by atoms with van der Waals surface area (Å²) in [6.45, 7) is 0. The van der Waals surface area contributed by atoms with Crippen LogP contribution >= 0.6 is 27.5 Å². The van der Waals surface area contributed by atoms with Gasteiger partial charge in [0.05, 0.1) is 29.7 Å². The first-order valence-corrected chi connectivity index (χ1v) is 14.7. The van der Waals surface area contributed by atoms with Gasteiger partial charge in [-0.25, -0.2) is 8.42 Å². The van der Waals surface area contributed by atoms with E-state index in [9.17, 15) is 18.0 Å². The molecule has 42 heavy (non-hydrogen) atoms. The number of ether oxygens (including phenoxy) is 2. The number of anilines is 2. The van der Waals surface area contributed by atoms with Crippen molar-refractivity contribution in [1.29, 1.82) is 0 Å². The van der Waals surface area contributed by atoms with Crippen molar-refractivity contribution in [3.8, 4) is 11.9 Å². The average molecular weight is 673 g/mol. The van der Waals surface area contributed by atoms with Crippen molar-refractivity contribution in [3.63, 3.8) is 0 Å². The van der Waals surface area contributed by atoms with Crippen LogP contribution in [0.5, 0.6) is 11.9 Å². The Kier molecular flexibility index (Phi) is 9.78. The highest BCUT2D eigenvalue weighted by Crippen LogP contribution is 2.22. The number of nitrogens with zero attached hydrogens (tertiary/aromatic N) is 2. The molecule has 2 amide bonds. The third kappa shape index (κ3) is 7.84. The van der Waals surface area contributed by atoms with Crippen molar-refractivity contribution in [3.05, 3.63) is 105 Å². The summed E-state index contributed by atoms with van der Waals surface area (Å²) in [4.78, 5) is 34.0. The van der Waals surface area contributed by atoms with E-state index in [1.54, 1.807) is 42.5 Å². The predicted molar refractivity (Wildman–Crippen MR) is 162 cm³/mol. The minimum Gasteiger partial charge on any atom is -0.481 e. The van der Waals surface area contributed by atoms with Crippen LogP contribution in [-0.4, -0.2) is 44.4 Å². The maximum absolute atomic E-state index is 13.3. The van der Waals surface area contributed by atoms with Gasteiger partial charge < -0.3 is 20.1 Å². The van der Waals surface area contributed by atoms with Gasteiger partial charge in [0.25, 0.3) is 21.8 Å². The lowest BCUT2D eigenvalue weighted by atomic mass is 10.1. The number of hydrogen-bond donors (Lipinski definition) is 3. The smallest absolute Gasteiger partial charge is 0.321 e. The van der Waals surface area contributed by atoms with Crippen LogP contribution in [0.3, 0.4) is 0 Å². The second-order valence-electron chi connectivity index (χ2n) is 8.41. The highest BCUT2D eigenvalue weighted by atomic mass is 79.9. The quantitative estimate of drug-likeness (QED) is 0.197. The zero-order valence-electron chi connectivity index (χ0n) is 22.1. The number of carbonyl (C=O) groups is 2. The van der Waals surface area contributed by atoms with Gasteiger partial charge in [-0.1, -0.05) is 51.8 Å². The van der Waals surface area contributed by atoms with Crippen LogP contribution < -0.4 is 24.8 Å². The number of hydrogen-bond acceptors (Lipinski definition) is 8. The molecule has 216 valence electrons. The molecule has 0 fully saturated rings. The van der Waals surface area contributed by atoms with E-state index in [1.165, 1.54) is 56.7 Å². The summed E-state index contributed by atoms with van der Waals surface area (Å²) < 4.78 is 39.1. The first kappa shape index (κ1) is 30.5. The van der Waals surface area contributed by atoms with Crippen molar-refractivity contribution < 1.29 is 27.5 Å². The number of carbonyl (C=O) groups excluding carboxylic acids is 2. The molecule has 4 aromatic rings. The molecule has 0 aliphatic rings. The van der Waals surface area contributed by atoms with Gasteiger partial charge >= 0.3 is 6.01 Å². The van der Waals surface area contributed by atoms with Crippen LogP contribution in [0.25, 0.3) is 6.08 Å². The molecule has 0 bridgehead atoms. The Balaban J connectivity index is 1.54. The minimum absolute atomic E-state index is 0.0620. The molecule has 4 rings (SSSR count). The molecule has 1 heterocycles. The molecule has 1 aromatic heterocycles. The highest BCUT2D eigenvalue weighted by Gasteiger charge is 2.19. The minimum atomic E-state index is -4.07. The van der Waals surface area contributed by atoms with Gasteiger partial charge in [-0.05, 0) is 60.2 Å². The van der Waals surface area contributed by atoms with Crippen LogP contribution in [0.15, 0.2) is 93.9 Å². The molecule has 0 aliphatic carbocycles. The van der Waals surface area contributed by atoms with Gasteiger partial charge in [0.15, 0.2) is 5.82 Å². The van der Waals surface area contributed by atoms with E-state index >= 15 is 0 Å². The summed E-state index contributed by atoms with van der Waals surface area (Å²) in [6, 6.07) is 20.2. The third-order valence-electron chi connectivity index (χ3n) is 5.53. The molecular formula is C28H23BrClN5O6S. The number of amides is 2. The summed E-state index contributed by atoms with van der Waals surface area (Å²) in [5, 5.41) is 5.51. The second kappa shape index (κ2) is 13.5. The molecule has 14 heteroatoms. The van der Waals surface area contributed by atoms with Gasteiger partial charge in [-0.15, -0.1) is 0 Å². The van der Waals surface area contributed by atoms with E-state index in [0.29, 0.717) is 5.56 Å². The van der Waals surface area contributed by atoms with Gasteiger partial charge in [0, 0.05) is 16.2 Å². The molecule has 0 saturated carbocycles. The first-order valence-electron chi connectivity index (χ1n) is 12.0. The number of nitrogens with one attached hydrogen (secondary N) is 3. The SMILES string of the molecule is COc1cc(NS(=O)(=O)c2ccc(NC(=O)/C(=C/c3ccc(Br)cc3)NC(=O)c3ccccc3Cl)cc2)nc(OC)n1. The predicted octanol–water partition coefficient (Wildman–Crippen LogP) is 5.12. The van der Waals surface area contributed by atoms with E-state index in [2.05, 4.69) is 41.3 Å². The monoisotopic (exact) mass is 671 g/mol. The fourth-order valence-corrected chi connectivity index (χ4v) is 4.96. The Morgan fingerprint density at radius 1 is 0.929 bits per heavy atom. The maximum atomic E-state index is 13.3. The molecule has 11 nitrogen and oxygen atoms in total. The Labute approximate surface area is 255 Å². The lowest BCUT2D eigenvalue weighted by Gasteiger charge is -2.13. The summed E-state index contributed by atoms with van der Waals surface area (Å²) >= 11 is 9.53. The van der Waals surface area contributed by atoms with Crippen molar-refractivity contribution in [2.45, 2.75) is 4.90 Å². The number of rotatable bonds is 10. The van der Waals surface area contributed by atoms with Crippen LogP contribution in [0, 0.1) is 0 Å². The van der Waals surface area contributed by atoms with E-state index in [0.717, 1.165) is 4.47 Å². The normalized spacial score (nSPS) is 11.4. The van der Waals surface area contributed by atoms with E-state index in [1.807, 2.05) is 0 Å². The number of sulfonamides is 1. The number of halogens is 2. The standard InChI is InChI=1S/C28H23BrClN5O6S/c1-40-25-16-24(33-28(34-25)41-2)35-42(38,39)20-13-11-19(12-14-20)31-27(37)23(15-17-7-9-18(29)10-8-17)32-26(36)21-5-3-4-6-22(21)30/h3-16H,1-2H3,(H,31,37)(H,32,36)(H,33,34,35)/b23-15-. The second-order valence-corrected chi connectivity index (χ2v) is 11.4. The molecule has 0 saturated heterocycles. The van der Waals surface area contributed by atoms with Crippen LogP contribution in [0.4, 0.5) is 11.5 Å². The number of benzene rings is 3. The molecule has 0 spiro atoms. The third-order valence-corrected chi connectivity index (χ3v) is 7.76. The van der Waals surface area contributed by atoms with Crippen molar-refractivity contribution in [1.82, 2.24) is 15.3 Å². The molecule has 0 radical (unpaired) electrons. The van der Waals surface area contributed by atoms with Gasteiger partial charge in [-0.3, -0.25) is 14.3 Å². The largest absolute Gasteiger partial charge is 0.481 e. The van der Waals surface area contributed by atoms with Crippen LogP contribution in [0.2, 0.25) is 5.02 Å². The lowest BCUT2D eigenvalue weighted by Crippen LogP contribution is -2.31. The van der Waals surface area contributed by atoms with Crippen molar-refractivity contribution in [2.75, 3.05) is 24.3 Å². The van der Waals surface area contributed by atoms with Crippen LogP contribution in [-0.2, 0) is 14.8 Å². The van der Waals surface area contributed by atoms with E-state index < -0.39 is 21.8 Å². The molecular weight excluding hydrogens is 650 g/mol.